The van der Waals surface area contributed by atoms with E-state index >= 15 is 0 Å². The predicted molar refractivity (Wildman–Crippen MR) is 111 cm³/mol. The quantitative estimate of drug-likeness (QED) is 0.312. The van der Waals surface area contributed by atoms with E-state index < -0.39 is 7.14 Å². The summed E-state index contributed by atoms with van der Waals surface area (Å²) < 4.78 is 12.3. The molecule has 25 heavy (non-hydrogen) atoms. The molecule has 1 nitrogen and oxygen atoms in total. The highest BCUT2D eigenvalue weighted by molar-refractivity contribution is 7.70. The van der Waals surface area contributed by atoms with Crippen LogP contribution in [0.1, 0.15) is 5.56 Å². The largest absolute Gasteiger partial charge is 0.319 e. The molecule has 4 aromatic rings. The number of aryl methyl sites for hydroxylation is 1. The van der Waals surface area contributed by atoms with Crippen LogP contribution in [0.2, 0.25) is 0 Å². The van der Waals surface area contributed by atoms with Crippen molar-refractivity contribution in [1.29, 1.82) is 0 Å². The number of hydrogen-bond donors (Lipinski definition) is 0. The van der Waals surface area contributed by atoms with Crippen LogP contribution >= 0.6 is 7.14 Å². The Kier molecular flexibility index (Phi) is 3.78. The van der Waals surface area contributed by atoms with Crippen LogP contribution in [0.15, 0.2) is 72.8 Å². The van der Waals surface area contributed by atoms with Crippen LogP contribution in [0.4, 0.5) is 0 Å². The summed E-state index contributed by atoms with van der Waals surface area (Å²) >= 11 is 0. The molecule has 2 heteroatoms. The molecule has 4 aromatic carbocycles. The summed E-state index contributed by atoms with van der Waals surface area (Å²) in [6.07, 6.45) is 0. The van der Waals surface area contributed by atoms with Gasteiger partial charge in [0.25, 0.3) is 0 Å². The molecule has 0 N–H and O–H groups in total. The molecule has 0 radical (unpaired) electrons. The molecule has 124 valence electrons. The van der Waals surface area contributed by atoms with Crippen molar-refractivity contribution in [2.75, 3.05) is 13.3 Å². The molecule has 0 saturated carbocycles. The van der Waals surface area contributed by atoms with E-state index in [1.54, 1.807) is 0 Å². The molecular weight excluding hydrogens is 323 g/mol. The van der Waals surface area contributed by atoms with Gasteiger partial charge < -0.3 is 4.57 Å². The van der Waals surface area contributed by atoms with E-state index in [0.29, 0.717) is 0 Å². The summed E-state index contributed by atoms with van der Waals surface area (Å²) in [5.74, 6) is 0. The lowest BCUT2D eigenvalue weighted by atomic mass is 9.89. The highest BCUT2D eigenvalue weighted by atomic mass is 31.2. The lowest BCUT2D eigenvalue weighted by Gasteiger charge is -2.16. The molecule has 0 spiro atoms. The van der Waals surface area contributed by atoms with Gasteiger partial charge in [-0.2, -0.15) is 0 Å². The number of fused-ring (bicyclic) bond motifs is 2. The van der Waals surface area contributed by atoms with Gasteiger partial charge in [-0.1, -0.05) is 72.8 Å². The summed E-state index contributed by atoms with van der Waals surface area (Å²) in [5.41, 5.74) is 3.74. The van der Waals surface area contributed by atoms with Gasteiger partial charge in [0.2, 0.25) is 0 Å². The Morgan fingerprint density at radius 3 is 1.52 bits per heavy atom. The van der Waals surface area contributed by atoms with Crippen molar-refractivity contribution in [1.82, 2.24) is 0 Å². The fourth-order valence-electron chi connectivity index (χ4n) is 3.64. The first-order valence-electron chi connectivity index (χ1n) is 8.53. The van der Waals surface area contributed by atoms with E-state index in [9.17, 15) is 4.57 Å². The Balaban J connectivity index is 2.09. The monoisotopic (exact) mass is 344 g/mol. The molecule has 0 aliphatic carbocycles. The molecule has 0 bridgehead atoms. The topological polar surface area (TPSA) is 17.1 Å². The maximum Gasteiger partial charge on any atom is 0.109 e. The zero-order chi connectivity index (χ0) is 17.6. The smallest absolute Gasteiger partial charge is 0.109 e. The number of rotatable bonds is 2. The molecule has 0 unspecified atom stereocenters. The zero-order valence-electron chi connectivity index (χ0n) is 14.8. The van der Waals surface area contributed by atoms with Crippen LogP contribution in [-0.2, 0) is 4.57 Å². The fourth-order valence-corrected chi connectivity index (χ4v) is 4.51. The number of hydrogen-bond acceptors (Lipinski definition) is 1. The summed E-state index contributed by atoms with van der Waals surface area (Å²) in [6.45, 7) is 5.83. The van der Waals surface area contributed by atoms with E-state index in [-0.39, 0.29) is 0 Å². The first kappa shape index (κ1) is 16.1. The lowest BCUT2D eigenvalue weighted by molar-refractivity contribution is 0.588. The first-order chi connectivity index (χ1) is 12.0. The third-order valence-corrected chi connectivity index (χ3v) is 6.52. The van der Waals surface area contributed by atoms with E-state index in [1.807, 2.05) is 25.5 Å². The fraction of sp³-hybridized carbons (Fsp3) is 0.130. The van der Waals surface area contributed by atoms with Gasteiger partial charge in [-0.25, -0.2) is 0 Å². The second-order valence-corrected chi connectivity index (χ2v) is 10.2. The van der Waals surface area contributed by atoms with Crippen molar-refractivity contribution in [2.45, 2.75) is 6.92 Å². The summed E-state index contributed by atoms with van der Waals surface area (Å²) in [5, 5.41) is 6.04. The third kappa shape index (κ3) is 2.69. The molecule has 0 amide bonds. The maximum atomic E-state index is 12.3. The minimum Gasteiger partial charge on any atom is -0.319 e. The summed E-state index contributed by atoms with van der Waals surface area (Å²) in [6, 6.07) is 25.4. The van der Waals surface area contributed by atoms with Crippen LogP contribution in [0, 0.1) is 6.92 Å². The van der Waals surface area contributed by atoms with Gasteiger partial charge in [0.15, 0.2) is 0 Å². The SMILES string of the molecule is Cc1c2ccccc2c(-c2ccc(P(C)(C)=O)cc2)c2ccccc12. The van der Waals surface area contributed by atoms with Gasteiger partial charge in [-0.15, -0.1) is 0 Å². The van der Waals surface area contributed by atoms with Crippen molar-refractivity contribution in [3.8, 4) is 11.1 Å². The Labute approximate surface area is 148 Å². The van der Waals surface area contributed by atoms with Crippen molar-refractivity contribution in [2.24, 2.45) is 0 Å². The van der Waals surface area contributed by atoms with Gasteiger partial charge in [0, 0.05) is 5.30 Å². The van der Waals surface area contributed by atoms with Crippen LogP contribution in [0.3, 0.4) is 0 Å². The average Bonchev–Trinajstić information content (AvgIpc) is 2.62. The number of benzene rings is 4. The molecule has 0 heterocycles. The standard InChI is InChI=1S/C23H21OP/c1-16-19-8-4-6-10-21(19)23(22-11-7-5-9-20(16)22)17-12-14-18(15-13-17)25(2,3)24/h4-15H,1-3H3. The lowest BCUT2D eigenvalue weighted by Crippen LogP contribution is -2.01. The van der Waals surface area contributed by atoms with Crippen molar-refractivity contribution >= 4 is 34.0 Å². The van der Waals surface area contributed by atoms with E-state index in [2.05, 4.69) is 67.6 Å². The second-order valence-electron chi connectivity index (χ2n) is 6.99. The highest BCUT2D eigenvalue weighted by Gasteiger charge is 2.14. The zero-order valence-corrected chi connectivity index (χ0v) is 15.7. The van der Waals surface area contributed by atoms with Crippen molar-refractivity contribution < 1.29 is 4.57 Å². The summed E-state index contributed by atoms with van der Waals surface area (Å²) in [4.78, 5) is 0. The van der Waals surface area contributed by atoms with Gasteiger partial charge >= 0.3 is 0 Å². The highest BCUT2D eigenvalue weighted by Crippen LogP contribution is 2.40. The Bertz CT molecular complexity index is 1080. The molecule has 0 aromatic heterocycles. The predicted octanol–water partition coefficient (Wildman–Crippen LogP) is 6.22. The van der Waals surface area contributed by atoms with Crippen molar-refractivity contribution in [3.05, 3.63) is 78.4 Å². The third-order valence-electron chi connectivity index (χ3n) is 4.98. The molecule has 0 fully saturated rings. The van der Waals surface area contributed by atoms with Crippen LogP contribution in [0.5, 0.6) is 0 Å². The van der Waals surface area contributed by atoms with Gasteiger partial charge in [0.1, 0.15) is 7.14 Å². The van der Waals surface area contributed by atoms with Crippen LogP contribution in [-0.4, -0.2) is 13.3 Å². The van der Waals surface area contributed by atoms with E-state index in [1.165, 1.54) is 38.2 Å². The normalized spacial score (nSPS) is 12.0. The summed E-state index contributed by atoms with van der Waals surface area (Å²) in [7, 11) is -2.23. The Morgan fingerprint density at radius 2 is 1.08 bits per heavy atom. The Morgan fingerprint density at radius 1 is 0.640 bits per heavy atom. The van der Waals surface area contributed by atoms with Crippen LogP contribution in [0.25, 0.3) is 32.7 Å². The molecule has 0 aliphatic heterocycles. The molecule has 4 rings (SSSR count). The molecule has 0 aliphatic rings. The minimum atomic E-state index is -2.23. The van der Waals surface area contributed by atoms with Gasteiger partial charge in [-0.3, -0.25) is 0 Å². The van der Waals surface area contributed by atoms with E-state index in [0.717, 1.165) is 5.30 Å². The molecule has 0 atom stereocenters. The average molecular weight is 344 g/mol. The molecular formula is C23H21OP. The van der Waals surface area contributed by atoms with Gasteiger partial charge in [-0.05, 0) is 58.5 Å². The first-order valence-corrected chi connectivity index (χ1v) is 11.1. The van der Waals surface area contributed by atoms with Crippen LogP contribution < -0.4 is 5.30 Å². The molecule has 0 saturated heterocycles. The van der Waals surface area contributed by atoms with Crippen molar-refractivity contribution in [3.63, 3.8) is 0 Å². The Hall–Kier alpha value is -2.37. The minimum absolute atomic E-state index is 0.928. The van der Waals surface area contributed by atoms with Gasteiger partial charge in [0.05, 0.1) is 0 Å². The van der Waals surface area contributed by atoms with E-state index in [4.69, 9.17) is 0 Å². The maximum absolute atomic E-state index is 12.3. The second kappa shape index (κ2) is 5.86.